The molecule has 8 heteroatoms. The van der Waals surface area contributed by atoms with Crippen LogP contribution in [0.4, 0.5) is 5.95 Å². The van der Waals surface area contributed by atoms with Crippen LogP contribution in [-0.2, 0) is 10.0 Å². The lowest BCUT2D eigenvalue weighted by atomic mass is 10.4. The molecule has 0 amide bonds. The van der Waals surface area contributed by atoms with E-state index < -0.39 is 10.0 Å². The summed E-state index contributed by atoms with van der Waals surface area (Å²) in [4.78, 5) is 7.71. The highest BCUT2D eigenvalue weighted by atomic mass is 32.2. The van der Waals surface area contributed by atoms with Crippen molar-refractivity contribution in [3.05, 3.63) is 12.4 Å². The molecule has 0 radical (unpaired) electrons. The molecule has 0 aliphatic heterocycles. The van der Waals surface area contributed by atoms with Crippen molar-refractivity contribution in [1.82, 2.24) is 14.3 Å². The summed E-state index contributed by atoms with van der Waals surface area (Å²) in [6.07, 6.45) is 4.05. The molecular weight excluding hydrogens is 254 g/mol. The average molecular weight is 273 g/mol. The van der Waals surface area contributed by atoms with Gasteiger partial charge < -0.3 is 0 Å². The Hall–Kier alpha value is -1.25. The van der Waals surface area contributed by atoms with Crippen molar-refractivity contribution in [2.45, 2.75) is 31.6 Å². The van der Waals surface area contributed by atoms with Gasteiger partial charge in [0.1, 0.15) is 4.90 Å². The number of hydrazine groups is 1. The molecule has 0 atom stereocenters. The van der Waals surface area contributed by atoms with Crippen LogP contribution < -0.4 is 11.3 Å². The molecule has 7 nitrogen and oxygen atoms in total. The summed E-state index contributed by atoms with van der Waals surface area (Å²) in [5.74, 6) is 5.32. The second-order valence-electron chi connectivity index (χ2n) is 3.79. The van der Waals surface area contributed by atoms with Crippen LogP contribution in [0.5, 0.6) is 0 Å². The quantitative estimate of drug-likeness (QED) is 0.556. The molecule has 0 aromatic carbocycles. The predicted molar refractivity (Wildman–Crippen MR) is 69.2 cm³/mol. The van der Waals surface area contributed by atoms with E-state index in [9.17, 15) is 8.42 Å². The molecule has 0 unspecified atom stereocenters. The molecule has 18 heavy (non-hydrogen) atoms. The number of aromatic nitrogens is 2. The van der Waals surface area contributed by atoms with Crippen molar-refractivity contribution < 1.29 is 8.42 Å². The van der Waals surface area contributed by atoms with Gasteiger partial charge in [0.05, 0.1) is 12.4 Å². The Kier molecular flexibility index (Phi) is 5.45. The molecule has 0 aliphatic carbocycles. The SMILES string of the molecule is CCCN(CCC)S(=O)(=O)c1cnc(NN)nc1. The number of anilines is 1. The second kappa shape index (κ2) is 6.62. The highest BCUT2D eigenvalue weighted by Crippen LogP contribution is 2.15. The first-order chi connectivity index (χ1) is 8.56. The Morgan fingerprint density at radius 2 is 1.72 bits per heavy atom. The van der Waals surface area contributed by atoms with Gasteiger partial charge in [-0.25, -0.2) is 24.2 Å². The second-order valence-corrected chi connectivity index (χ2v) is 5.73. The number of nitrogens with two attached hydrogens (primary N) is 1. The fourth-order valence-corrected chi connectivity index (χ4v) is 3.04. The lowest BCUT2D eigenvalue weighted by Crippen LogP contribution is -2.32. The van der Waals surface area contributed by atoms with Gasteiger partial charge in [-0.05, 0) is 12.8 Å². The maximum absolute atomic E-state index is 12.3. The maximum atomic E-state index is 12.3. The van der Waals surface area contributed by atoms with E-state index in [1.807, 2.05) is 13.8 Å². The highest BCUT2D eigenvalue weighted by molar-refractivity contribution is 7.89. The van der Waals surface area contributed by atoms with Gasteiger partial charge in [-0.3, -0.25) is 5.43 Å². The zero-order valence-corrected chi connectivity index (χ0v) is 11.4. The fraction of sp³-hybridized carbons (Fsp3) is 0.600. The van der Waals surface area contributed by atoms with E-state index in [0.717, 1.165) is 12.8 Å². The zero-order chi connectivity index (χ0) is 13.6. The number of nitrogens with one attached hydrogen (secondary N) is 1. The highest BCUT2D eigenvalue weighted by Gasteiger charge is 2.23. The molecule has 1 rings (SSSR count). The summed E-state index contributed by atoms with van der Waals surface area (Å²) in [6.45, 7) is 4.87. The average Bonchev–Trinajstić information content (AvgIpc) is 2.38. The van der Waals surface area contributed by atoms with E-state index in [0.29, 0.717) is 13.1 Å². The normalized spacial score (nSPS) is 11.8. The van der Waals surface area contributed by atoms with E-state index in [1.54, 1.807) is 0 Å². The minimum atomic E-state index is -3.51. The molecule has 1 aromatic rings. The van der Waals surface area contributed by atoms with Crippen molar-refractivity contribution in [3.63, 3.8) is 0 Å². The van der Waals surface area contributed by atoms with E-state index >= 15 is 0 Å². The summed E-state index contributed by atoms with van der Waals surface area (Å²) in [5.41, 5.74) is 2.25. The largest absolute Gasteiger partial charge is 0.292 e. The Bertz CT molecular complexity index is 454. The van der Waals surface area contributed by atoms with Crippen LogP contribution in [0, 0.1) is 0 Å². The van der Waals surface area contributed by atoms with Crippen LogP contribution >= 0.6 is 0 Å². The lowest BCUT2D eigenvalue weighted by Gasteiger charge is -2.20. The van der Waals surface area contributed by atoms with Crippen molar-refractivity contribution >= 4 is 16.0 Å². The van der Waals surface area contributed by atoms with E-state index in [4.69, 9.17) is 5.84 Å². The molecule has 0 spiro atoms. The molecule has 3 N–H and O–H groups in total. The first kappa shape index (κ1) is 14.8. The Morgan fingerprint density at radius 3 is 2.11 bits per heavy atom. The van der Waals surface area contributed by atoms with Gasteiger partial charge in [-0.15, -0.1) is 0 Å². The number of nitrogens with zero attached hydrogens (tertiary/aromatic N) is 3. The molecule has 0 bridgehead atoms. The molecule has 1 aromatic heterocycles. The van der Waals surface area contributed by atoms with Crippen LogP contribution in [0.2, 0.25) is 0 Å². The number of hydrogen-bond acceptors (Lipinski definition) is 6. The number of sulfonamides is 1. The minimum Gasteiger partial charge on any atom is -0.292 e. The van der Waals surface area contributed by atoms with Crippen LogP contribution in [0.25, 0.3) is 0 Å². The summed E-state index contributed by atoms with van der Waals surface area (Å²) in [7, 11) is -3.51. The predicted octanol–water partition coefficient (Wildman–Crippen LogP) is 0.573. The third-order valence-corrected chi connectivity index (χ3v) is 4.19. The lowest BCUT2D eigenvalue weighted by molar-refractivity contribution is 0.409. The molecule has 0 fully saturated rings. The monoisotopic (exact) mass is 273 g/mol. The van der Waals surface area contributed by atoms with Crippen LogP contribution in [0.15, 0.2) is 17.3 Å². The minimum absolute atomic E-state index is 0.0865. The van der Waals surface area contributed by atoms with Crippen molar-refractivity contribution in [2.75, 3.05) is 18.5 Å². The zero-order valence-electron chi connectivity index (χ0n) is 10.6. The van der Waals surface area contributed by atoms with Crippen LogP contribution in [0.3, 0.4) is 0 Å². The van der Waals surface area contributed by atoms with Crippen molar-refractivity contribution in [1.29, 1.82) is 0 Å². The Morgan fingerprint density at radius 1 is 1.22 bits per heavy atom. The molecule has 0 saturated heterocycles. The topological polar surface area (TPSA) is 101 Å². The fourth-order valence-electron chi connectivity index (χ4n) is 1.52. The summed E-state index contributed by atoms with van der Waals surface area (Å²) in [6, 6.07) is 0. The van der Waals surface area contributed by atoms with Gasteiger partial charge in [-0.1, -0.05) is 13.8 Å². The number of nitrogen functional groups attached to an aromatic ring is 1. The van der Waals surface area contributed by atoms with Gasteiger partial charge in [0.2, 0.25) is 16.0 Å². The number of hydrogen-bond donors (Lipinski definition) is 2. The van der Waals surface area contributed by atoms with Gasteiger partial charge in [0, 0.05) is 13.1 Å². The van der Waals surface area contributed by atoms with Gasteiger partial charge in [0.15, 0.2) is 0 Å². The van der Waals surface area contributed by atoms with E-state index in [-0.39, 0.29) is 10.8 Å². The molecule has 102 valence electrons. The van der Waals surface area contributed by atoms with Crippen molar-refractivity contribution in [3.8, 4) is 0 Å². The molecule has 1 heterocycles. The Balaban J connectivity index is 3.01. The first-order valence-corrected chi connectivity index (χ1v) is 7.29. The number of rotatable bonds is 7. The van der Waals surface area contributed by atoms with Gasteiger partial charge >= 0.3 is 0 Å². The van der Waals surface area contributed by atoms with E-state index in [2.05, 4.69) is 15.4 Å². The van der Waals surface area contributed by atoms with E-state index in [1.165, 1.54) is 16.7 Å². The van der Waals surface area contributed by atoms with Crippen LogP contribution in [-0.4, -0.2) is 35.8 Å². The van der Waals surface area contributed by atoms with Gasteiger partial charge in [0.25, 0.3) is 0 Å². The smallest absolute Gasteiger partial charge is 0.246 e. The maximum Gasteiger partial charge on any atom is 0.246 e. The molecule has 0 aliphatic rings. The standard InChI is InChI=1S/C10H19N5O2S/c1-3-5-15(6-4-2)18(16,17)9-7-12-10(14-11)13-8-9/h7-8H,3-6,11H2,1-2H3,(H,12,13,14). The summed E-state index contributed by atoms with van der Waals surface area (Å²) < 4.78 is 26.1. The summed E-state index contributed by atoms with van der Waals surface area (Å²) >= 11 is 0. The molecular formula is C10H19N5O2S. The van der Waals surface area contributed by atoms with Gasteiger partial charge in [-0.2, -0.15) is 4.31 Å². The van der Waals surface area contributed by atoms with Crippen molar-refractivity contribution in [2.24, 2.45) is 5.84 Å². The third kappa shape index (κ3) is 3.37. The first-order valence-electron chi connectivity index (χ1n) is 5.85. The third-order valence-electron chi connectivity index (χ3n) is 2.34. The molecule has 0 saturated carbocycles. The van der Waals surface area contributed by atoms with Crippen LogP contribution in [0.1, 0.15) is 26.7 Å². The Labute approximate surface area is 107 Å². The summed E-state index contributed by atoms with van der Waals surface area (Å²) in [5, 5.41) is 0.